The number of esters is 1. The van der Waals surface area contributed by atoms with E-state index in [4.69, 9.17) is 4.74 Å². The lowest BCUT2D eigenvalue weighted by molar-refractivity contribution is -0.132. The van der Waals surface area contributed by atoms with Crippen molar-refractivity contribution in [1.29, 1.82) is 0 Å². The average molecular weight is 353 g/mol. The molecule has 1 heterocycles. The number of rotatable bonds is 6. The molecule has 1 aliphatic rings. The van der Waals surface area contributed by atoms with Crippen LogP contribution in [0.1, 0.15) is 41.5 Å². The summed E-state index contributed by atoms with van der Waals surface area (Å²) >= 11 is 0. The van der Waals surface area contributed by atoms with E-state index in [1.807, 2.05) is 59.8 Å². The van der Waals surface area contributed by atoms with Gasteiger partial charge in [0.05, 0.1) is 11.1 Å². The van der Waals surface area contributed by atoms with Crippen molar-refractivity contribution in [3.8, 4) is 0 Å². The highest BCUT2D eigenvalue weighted by Crippen LogP contribution is 2.25. The second kappa shape index (κ2) is 17.0. The van der Waals surface area contributed by atoms with Crippen LogP contribution in [0.15, 0.2) is 102 Å². The molecule has 2 nitrogen and oxygen atoms in total. The van der Waals surface area contributed by atoms with Gasteiger partial charge in [0.1, 0.15) is 5.76 Å². The van der Waals surface area contributed by atoms with Crippen molar-refractivity contribution < 1.29 is 9.53 Å². The van der Waals surface area contributed by atoms with E-state index in [0.717, 1.165) is 5.57 Å². The minimum Gasteiger partial charge on any atom is -0.422 e. The Morgan fingerprint density at radius 2 is 1.62 bits per heavy atom. The van der Waals surface area contributed by atoms with Crippen molar-refractivity contribution in [3.63, 3.8) is 0 Å². The van der Waals surface area contributed by atoms with Gasteiger partial charge in [-0.05, 0) is 43.7 Å². The Balaban J connectivity index is 0. The minimum absolute atomic E-state index is 0.372. The Kier molecular flexibility index (Phi) is 16.6. The first-order valence-electron chi connectivity index (χ1n) is 8.98. The molecule has 140 valence electrons. The maximum absolute atomic E-state index is 12.0. The van der Waals surface area contributed by atoms with E-state index in [0.29, 0.717) is 16.9 Å². The van der Waals surface area contributed by atoms with Gasteiger partial charge in [0.15, 0.2) is 0 Å². The Morgan fingerprint density at radius 3 is 2.12 bits per heavy atom. The molecule has 1 aliphatic heterocycles. The molecule has 0 saturated carbocycles. The summed E-state index contributed by atoms with van der Waals surface area (Å²) in [7, 11) is 0. The number of ether oxygens (including phenoxy) is 1. The Bertz CT molecular complexity index is 671. The van der Waals surface area contributed by atoms with Crippen LogP contribution in [0.3, 0.4) is 0 Å². The van der Waals surface area contributed by atoms with Crippen LogP contribution >= 0.6 is 0 Å². The first kappa shape index (κ1) is 25.4. The van der Waals surface area contributed by atoms with Gasteiger partial charge in [-0.25, -0.2) is 4.79 Å². The summed E-state index contributed by atoms with van der Waals surface area (Å²) in [6.07, 6.45) is 17.8. The van der Waals surface area contributed by atoms with Gasteiger partial charge in [0, 0.05) is 0 Å². The number of hydrogen-bond acceptors (Lipinski definition) is 2. The Labute approximate surface area is 159 Å². The summed E-state index contributed by atoms with van der Waals surface area (Å²) in [5.74, 6) is 0.111. The highest BCUT2D eigenvalue weighted by atomic mass is 16.5. The van der Waals surface area contributed by atoms with Crippen molar-refractivity contribution in [2.24, 2.45) is 0 Å². The zero-order chi connectivity index (χ0) is 20.4. The third-order valence-electron chi connectivity index (χ3n) is 2.77. The van der Waals surface area contributed by atoms with Gasteiger partial charge in [-0.2, -0.15) is 0 Å². The van der Waals surface area contributed by atoms with E-state index in [1.54, 1.807) is 42.5 Å². The highest BCUT2D eigenvalue weighted by molar-refractivity contribution is 5.96. The van der Waals surface area contributed by atoms with Crippen molar-refractivity contribution in [2.75, 3.05) is 0 Å². The fourth-order valence-electron chi connectivity index (χ4n) is 1.73. The SMILES string of the molecule is C=C/C=C\C(=C=CC)C1=C/C(=C/C(/C=C\C=C)=C/C)C(=O)O1.CC.CC. The van der Waals surface area contributed by atoms with Crippen LogP contribution in [0.5, 0.6) is 0 Å². The molecule has 0 aliphatic carbocycles. The van der Waals surface area contributed by atoms with Crippen molar-refractivity contribution in [1.82, 2.24) is 0 Å². The molecule has 2 heteroatoms. The van der Waals surface area contributed by atoms with E-state index in [2.05, 4.69) is 18.9 Å². The second-order valence-corrected chi connectivity index (χ2v) is 4.32. The number of hydrogen-bond donors (Lipinski definition) is 0. The molecule has 26 heavy (non-hydrogen) atoms. The van der Waals surface area contributed by atoms with E-state index < -0.39 is 0 Å². The molecule has 0 spiro atoms. The summed E-state index contributed by atoms with van der Waals surface area (Å²) < 4.78 is 5.31. The van der Waals surface area contributed by atoms with Crippen LogP contribution in [0, 0.1) is 0 Å². The van der Waals surface area contributed by atoms with Crippen LogP contribution in [0.25, 0.3) is 0 Å². The van der Waals surface area contributed by atoms with Gasteiger partial charge >= 0.3 is 5.97 Å². The molecule has 0 radical (unpaired) electrons. The van der Waals surface area contributed by atoms with E-state index in [1.165, 1.54) is 0 Å². The molecule has 0 aromatic carbocycles. The topological polar surface area (TPSA) is 26.3 Å². The molecule has 0 saturated heterocycles. The standard InChI is InChI=1S/C20H20O2.2C2H6/c1-5-9-12-16(8-4)14-18-15-19(22-20(18)21)17(11-7-3)13-10-6-2;2*1-2/h5-10,12-15H,1-2H2,3-4H3;2*1-2H3/b12-9-,13-10-,16-8+,18-14-;;. The summed E-state index contributed by atoms with van der Waals surface area (Å²) in [4.78, 5) is 12.0. The lowest BCUT2D eigenvalue weighted by Crippen LogP contribution is -1.98. The maximum atomic E-state index is 12.0. The maximum Gasteiger partial charge on any atom is 0.343 e. The average Bonchev–Trinajstić information content (AvgIpc) is 3.05. The van der Waals surface area contributed by atoms with Crippen LogP contribution in [0.2, 0.25) is 0 Å². The quantitative estimate of drug-likeness (QED) is 0.224. The summed E-state index contributed by atoms with van der Waals surface area (Å²) in [6, 6.07) is 0. The van der Waals surface area contributed by atoms with Gasteiger partial charge in [-0.15, -0.1) is 5.73 Å². The Morgan fingerprint density at radius 1 is 1.04 bits per heavy atom. The van der Waals surface area contributed by atoms with Gasteiger partial charge < -0.3 is 4.74 Å². The third-order valence-corrected chi connectivity index (χ3v) is 2.77. The predicted octanol–water partition coefficient (Wildman–Crippen LogP) is 6.94. The summed E-state index contributed by atoms with van der Waals surface area (Å²) in [5, 5.41) is 0. The molecule has 0 amide bonds. The molecular formula is C24H32O2. The fourth-order valence-corrected chi connectivity index (χ4v) is 1.73. The lowest BCUT2D eigenvalue weighted by atomic mass is 10.1. The molecule has 0 N–H and O–H groups in total. The van der Waals surface area contributed by atoms with Gasteiger partial charge in [-0.3, -0.25) is 0 Å². The molecular weight excluding hydrogens is 320 g/mol. The monoisotopic (exact) mass is 352 g/mol. The van der Waals surface area contributed by atoms with Gasteiger partial charge in [-0.1, -0.05) is 77.3 Å². The molecule has 0 aromatic rings. The number of allylic oxidation sites excluding steroid dienone is 9. The fraction of sp³-hybridized carbons (Fsp3) is 0.250. The Hall–Kier alpha value is -2.83. The van der Waals surface area contributed by atoms with Crippen LogP contribution in [-0.4, -0.2) is 5.97 Å². The number of carbonyl (C=O) groups is 1. The van der Waals surface area contributed by atoms with Gasteiger partial charge in [0.2, 0.25) is 0 Å². The molecule has 0 unspecified atom stereocenters. The predicted molar refractivity (Wildman–Crippen MR) is 115 cm³/mol. The minimum atomic E-state index is -0.372. The molecule has 0 fully saturated rings. The van der Waals surface area contributed by atoms with Crippen LogP contribution < -0.4 is 0 Å². The summed E-state index contributed by atoms with van der Waals surface area (Å²) in [5.41, 5.74) is 5.15. The first-order valence-corrected chi connectivity index (χ1v) is 8.98. The first-order chi connectivity index (χ1) is 12.7. The molecule has 0 aromatic heterocycles. The molecule has 0 bridgehead atoms. The highest BCUT2D eigenvalue weighted by Gasteiger charge is 2.22. The normalized spacial score (nSPS) is 14.5. The van der Waals surface area contributed by atoms with Crippen molar-refractivity contribution in [2.45, 2.75) is 41.5 Å². The molecule has 1 rings (SSSR count). The van der Waals surface area contributed by atoms with Crippen molar-refractivity contribution in [3.05, 3.63) is 102 Å². The van der Waals surface area contributed by atoms with Gasteiger partial charge in [0.25, 0.3) is 0 Å². The second-order valence-electron chi connectivity index (χ2n) is 4.32. The van der Waals surface area contributed by atoms with Crippen molar-refractivity contribution >= 4 is 5.97 Å². The van der Waals surface area contributed by atoms with Crippen LogP contribution in [0.4, 0.5) is 0 Å². The number of cyclic esters (lactones) is 1. The van der Waals surface area contributed by atoms with E-state index in [9.17, 15) is 4.79 Å². The third kappa shape index (κ3) is 9.46. The van der Waals surface area contributed by atoms with E-state index >= 15 is 0 Å². The molecule has 0 atom stereocenters. The zero-order valence-corrected chi connectivity index (χ0v) is 17.0. The summed E-state index contributed by atoms with van der Waals surface area (Å²) in [6.45, 7) is 19.0. The smallest absolute Gasteiger partial charge is 0.343 e. The van der Waals surface area contributed by atoms with E-state index in [-0.39, 0.29) is 5.97 Å². The zero-order valence-electron chi connectivity index (χ0n) is 17.0. The lowest BCUT2D eigenvalue weighted by Gasteiger charge is -1.99. The van der Waals surface area contributed by atoms with Crippen LogP contribution in [-0.2, 0) is 9.53 Å². The largest absolute Gasteiger partial charge is 0.422 e. The number of carbonyl (C=O) groups excluding carboxylic acids is 1.